The molecular weight excluding hydrogens is 520 g/mol. The molecule has 4 nitrogen and oxygen atoms in total. The first-order valence-corrected chi connectivity index (χ1v) is 14.5. The summed E-state index contributed by atoms with van der Waals surface area (Å²) in [7, 11) is 0. The SMILES string of the molecule is c1ccc(-c2nc(-c3ccccc3)nc(-c3ccc4c(ccc5ccc6c(c54)NC(c4ccccc4)S6)c3)n2)cc1. The Morgan fingerprint density at radius 2 is 1.07 bits per heavy atom. The van der Waals surface area contributed by atoms with Gasteiger partial charge in [-0.05, 0) is 33.9 Å². The van der Waals surface area contributed by atoms with Gasteiger partial charge in [-0.1, -0.05) is 133 Å². The first-order valence-electron chi connectivity index (χ1n) is 13.7. The lowest BCUT2D eigenvalue weighted by Crippen LogP contribution is -2.01. The van der Waals surface area contributed by atoms with Crippen molar-refractivity contribution in [3.63, 3.8) is 0 Å². The summed E-state index contributed by atoms with van der Waals surface area (Å²) < 4.78 is 0. The molecule has 2 heterocycles. The van der Waals surface area contributed by atoms with E-state index in [0.717, 1.165) is 22.1 Å². The molecule has 6 aromatic carbocycles. The second kappa shape index (κ2) is 9.88. The van der Waals surface area contributed by atoms with E-state index in [9.17, 15) is 0 Å². The Hall–Kier alpha value is -5.00. The van der Waals surface area contributed by atoms with Crippen molar-refractivity contribution in [2.45, 2.75) is 10.3 Å². The van der Waals surface area contributed by atoms with Crippen LogP contribution >= 0.6 is 11.8 Å². The minimum Gasteiger partial charge on any atom is -0.368 e. The Bertz CT molecular complexity index is 1990. The van der Waals surface area contributed by atoms with E-state index in [-0.39, 0.29) is 5.37 Å². The average Bonchev–Trinajstić information content (AvgIpc) is 3.50. The van der Waals surface area contributed by atoms with Gasteiger partial charge >= 0.3 is 0 Å². The lowest BCUT2D eigenvalue weighted by Gasteiger charge is -2.13. The molecule has 1 aromatic heterocycles. The molecule has 8 rings (SSSR count). The minimum absolute atomic E-state index is 0.198. The zero-order chi connectivity index (χ0) is 27.2. The fourth-order valence-corrected chi connectivity index (χ4v) is 6.67. The maximum Gasteiger partial charge on any atom is 0.164 e. The lowest BCUT2D eigenvalue weighted by molar-refractivity contribution is 1.07. The van der Waals surface area contributed by atoms with Crippen molar-refractivity contribution in [1.29, 1.82) is 0 Å². The Balaban J connectivity index is 1.26. The van der Waals surface area contributed by atoms with Gasteiger partial charge in [-0.2, -0.15) is 0 Å². The summed E-state index contributed by atoms with van der Waals surface area (Å²) in [5.74, 6) is 1.99. The van der Waals surface area contributed by atoms with Crippen molar-refractivity contribution < 1.29 is 0 Å². The highest BCUT2D eigenvalue weighted by molar-refractivity contribution is 8.00. The molecule has 0 aliphatic carbocycles. The standard InChI is InChI=1S/C36H24N4S/c1-4-10-24(11-5-1)33-38-34(25-12-6-2-7-13-25)40-35(39-33)28-18-20-29-27(22-28)17-16-23-19-21-30-32(31(23)29)37-36(41-30)26-14-8-3-9-15-26/h1-22,36-37H. The molecule has 41 heavy (non-hydrogen) atoms. The van der Waals surface area contributed by atoms with Crippen LogP contribution in [0.5, 0.6) is 0 Å². The van der Waals surface area contributed by atoms with Gasteiger partial charge in [0.15, 0.2) is 17.5 Å². The number of anilines is 1. The van der Waals surface area contributed by atoms with Crippen LogP contribution in [0.15, 0.2) is 138 Å². The molecule has 0 saturated heterocycles. The number of nitrogens with one attached hydrogen (secondary N) is 1. The third-order valence-electron chi connectivity index (χ3n) is 7.54. The smallest absolute Gasteiger partial charge is 0.164 e. The monoisotopic (exact) mass is 544 g/mol. The highest BCUT2D eigenvalue weighted by atomic mass is 32.2. The summed E-state index contributed by atoms with van der Waals surface area (Å²) in [4.78, 5) is 16.0. The topological polar surface area (TPSA) is 50.7 Å². The third-order valence-corrected chi connectivity index (χ3v) is 8.76. The van der Waals surface area contributed by atoms with Crippen molar-refractivity contribution in [1.82, 2.24) is 15.0 Å². The maximum atomic E-state index is 4.93. The Morgan fingerprint density at radius 1 is 0.512 bits per heavy atom. The highest BCUT2D eigenvalue weighted by Crippen LogP contribution is 2.50. The molecule has 1 aliphatic rings. The van der Waals surface area contributed by atoms with Crippen LogP contribution in [0.25, 0.3) is 55.7 Å². The van der Waals surface area contributed by atoms with E-state index >= 15 is 0 Å². The third kappa shape index (κ3) is 4.31. The van der Waals surface area contributed by atoms with Gasteiger partial charge in [-0.15, -0.1) is 0 Å². The van der Waals surface area contributed by atoms with E-state index < -0.39 is 0 Å². The van der Waals surface area contributed by atoms with E-state index in [4.69, 9.17) is 15.0 Å². The molecule has 0 radical (unpaired) electrons. The fraction of sp³-hybridized carbons (Fsp3) is 0.0278. The van der Waals surface area contributed by atoms with Crippen LogP contribution in [0.2, 0.25) is 0 Å². The molecule has 1 N–H and O–H groups in total. The van der Waals surface area contributed by atoms with Gasteiger partial charge < -0.3 is 5.32 Å². The van der Waals surface area contributed by atoms with Crippen molar-refractivity contribution >= 4 is 39.0 Å². The fourth-order valence-electron chi connectivity index (χ4n) is 5.52. The molecule has 1 aliphatic heterocycles. The summed E-state index contributed by atoms with van der Waals surface area (Å²) in [6, 6.07) is 46.2. The van der Waals surface area contributed by atoms with Gasteiger partial charge in [0, 0.05) is 27.0 Å². The van der Waals surface area contributed by atoms with Crippen molar-refractivity contribution in [3.8, 4) is 34.2 Å². The predicted octanol–water partition coefficient (Wildman–Crippen LogP) is 9.40. The number of fused-ring (bicyclic) bond motifs is 5. The first-order chi connectivity index (χ1) is 20.3. The number of nitrogens with zero attached hydrogens (tertiary/aromatic N) is 3. The molecule has 0 fully saturated rings. The number of aromatic nitrogens is 3. The minimum atomic E-state index is 0.198. The van der Waals surface area contributed by atoms with Gasteiger partial charge in [-0.3, -0.25) is 0 Å². The lowest BCUT2D eigenvalue weighted by atomic mass is 9.98. The van der Waals surface area contributed by atoms with Crippen molar-refractivity contribution in [3.05, 3.63) is 139 Å². The molecule has 0 spiro atoms. The predicted molar refractivity (Wildman–Crippen MR) is 170 cm³/mol. The molecule has 7 aromatic rings. The summed E-state index contributed by atoms with van der Waals surface area (Å²) in [5, 5.41) is 8.86. The molecule has 194 valence electrons. The number of thioether (sulfide) groups is 1. The summed E-state index contributed by atoms with van der Waals surface area (Å²) in [5.41, 5.74) is 5.38. The van der Waals surface area contributed by atoms with Crippen LogP contribution in [-0.2, 0) is 0 Å². The summed E-state index contributed by atoms with van der Waals surface area (Å²) in [6.45, 7) is 0. The Kier molecular flexibility index (Phi) is 5.75. The molecule has 1 atom stereocenters. The van der Waals surface area contributed by atoms with E-state index in [1.807, 2.05) is 72.4 Å². The van der Waals surface area contributed by atoms with E-state index in [2.05, 4.69) is 78.1 Å². The average molecular weight is 545 g/mol. The zero-order valence-electron chi connectivity index (χ0n) is 22.0. The van der Waals surface area contributed by atoms with Gasteiger partial charge in [0.2, 0.25) is 0 Å². The van der Waals surface area contributed by atoms with Gasteiger partial charge in [-0.25, -0.2) is 15.0 Å². The van der Waals surface area contributed by atoms with Gasteiger partial charge in [0.05, 0.1) is 5.69 Å². The van der Waals surface area contributed by atoms with Crippen molar-refractivity contribution in [2.75, 3.05) is 5.32 Å². The Morgan fingerprint density at radius 3 is 1.73 bits per heavy atom. The molecule has 1 unspecified atom stereocenters. The molecular formula is C36H24N4S. The van der Waals surface area contributed by atoms with Crippen molar-refractivity contribution in [2.24, 2.45) is 0 Å². The van der Waals surface area contributed by atoms with E-state index in [0.29, 0.717) is 17.5 Å². The molecule has 5 heteroatoms. The van der Waals surface area contributed by atoms with E-state index in [1.165, 1.54) is 32.3 Å². The van der Waals surface area contributed by atoms with Crippen LogP contribution in [0.1, 0.15) is 10.9 Å². The van der Waals surface area contributed by atoms with Gasteiger partial charge in [0.25, 0.3) is 0 Å². The van der Waals surface area contributed by atoms with Crippen LogP contribution in [0.3, 0.4) is 0 Å². The molecule has 0 saturated carbocycles. The van der Waals surface area contributed by atoms with Crippen LogP contribution < -0.4 is 5.32 Å². The number of hydrogen-bond donors (Lipinski definition) is 1. The van der Waals surface area contributed by atoms with Crippen LogP contribution in [0.4, 0.5) is 5.69 Å². The summed E-state index contributed by atoms with van der Waals surface area (Å²) >= 11 is 1.87. The second-order valence-corrected chi connectivity index (χ2v) is 11.3. The zero-order valence-corrected chi connectivity index (χ0v) is 22.8. The summed E-state index contributed by atoms with van der Waals surface area (Å²) in [6.07, 6.45) is 0. The quantitative estimate of drug-likeness (QED) is 0.224. The van der Waals surface area contributed by atoms with Gasteiger partial charge in [0.1, 0.15) is 5.37 Å². The maximum absolute atomic E-state index is 4.93. The second-order valence-electron chi connectivity index (χ2n) is 10.1. The normalized spacial score (nSPS) is 14.2. The Labute approximate surface area is 242 Å². The first kappa shape index (κ1) is 23.9. The number of hydrogen-bond acceptors (Lipinski definition) is 5. The largest absolute Gasteiger partial charge is 0.368 e. The highest BCUT2D eigenvalue weighted by Gasteiger charge is 2.25. The molecule has 0 amide bonds. The number of rotatable bonds is 4. The number of benzene rings is 6. The molecule has 0 bridgehead atoms. The van der Waals surface area contributed by atoms with E-state index in [1.54, 1.807) is 0 Å². The van der Waals surface area contributed by atoms with Crippen LogP contribution in [0, 0.1) is 0 Å². The van der Waals surface area contributed by atoms with Crippen LogP contribution in [-0.4, -0.2) is 15.0 Å².